The van der Waals surface area contributed by atoms with Gasteiger partial charge in [0.1, 0.15) is 0 Å². The van der Waals surface area contributed by atoms with Crippen molar-refractivity contribution in [3.8, 4) is 0 Å². The molecule has 1 fully saturated rings. The van der Waals surface area contributed by atoms with Gasteiger partial charge in [-0.3, -0.25) is 9.59 Å². The Morgan fingerprint density at radius 2 is 1.83 bits per heavy atom. The molecule has 5 heteroatoms. The van der Waals surface area contributed by atoms with Crippen molar-refractivity contribution in [2.24, 2.45) is 11.7 Å². The van der Waals surface area contributed by atoms with E-state index in [2.05, 4.69) is 12.2 Å². The Morgan fingerprint density at radius 3 is 2.38 bits per heavy atom. The smallest absolute Gasteiger partial charge is 0.253 e. The van der Waals surface area contributed by atoms with Crippen molar-refractivity contribution in [1.82, 2.24) is 4.90 Å². The molecule has 3 N–H and O–H groups in total. The van der Waals surface area contributed by atoms with Crippen LogP contribution < -0.4 is 11.1 Å². The van der Waals surface area contributed by atoms with E-state index < -0.39 is 5.54 Å². The standard InChI is InChI=1S/C19H29N3O2/c1-4-11-19(3,20)18(24)21-16-7-5-15(6-8-16)17(23)22-12-9-14(2)10-13-22/h5-8,14H,4,9-13,20H2,1-3H3,(H,21,24). The number of hydrogen-bond donors (Lipinski definition) is 2. The van der Waals surface area contributed by atoms with Crippen molar-refractivity contribution in [3.05, 3.63) is 29.8 Å². The van der Waals surface area contributed by atoms with Crippen LogP contribution in [0.5, 0.6) is 0 Å². The van der Waals surface area contributed by atoms with Crippen LogP contribution in [0.1, 0.15) is 56.8 Å². The lowest BCUT2D eigenvalue weighted by atomic mass is 9.96. The van der Waals surface area contributed by atoms with Crippen LogP contribution in [-0.2, 0) is 4.79 Å². The largest absolute Gasteiger partial charge is 0.339 e. The highest BCUT2D eigenvalue weighted by Crippen LogP contribution is 2.20. The summed E-state index contributed by atoms with van der Waals surface area (Å²) in [5.74, 6) is 0.559. The molecule has 132 valence electrons. The number of rotatable bonds is 5. The zero-order valence-corrected chi connectivity index (χ0v) is 15.0. The van der Waals surface area contributed by atoms with E-state index in [-0.39, 0.29) is 11.8 Å². The third kappa shape index (κ3) is 4.57. The maximum atomic E-state index is 12.5. The molecule has 24 heavy (non-hydrogen) atoms. The summed E-state index contributed by atoms with van der Waals surface area (Å²) in [7, 11) is 0. The zero-order chi connectivity index (χ0) is 17.7. The van der Waals surface area contributed by atoms with E-state index in [1.165, 1.54) is 0 Å². The van der Waals surface area contributed by atoms with Gasteiger partial charge in [0.15, 0.2) is 0 Å². The predicted molar refractivity (Wildman–Crippen MR) is 96.9 cm³/mol. The Balaban J connectivity index is 1.97. The molecular weight excluding hydrogens is 302 g/mol. The van der Waals surface area contributed by atoms with Gasteiger partial charge in [0.2, 0.25) is 5.91 Å². The first-order valence-corrected chi connectivity index (χ1v) is 8.83. The summed E-state index contributed by atoms with van der Waals surface area (Å²) in [5.41, 5.74) is 6.47. The quantitative estimate of drug-likeness (QED) is 0.871. The number of anilines is 1. The van der Waals surface area contributed by atoms with Gasteiger partial charge < -0.3 is 16.0 Å². The Hall–Kier alpha value is -1.88. The second-order valence-corrected chi connectivity index (χ2v) is 7.17. The van der Waals surface area contributed by atoms with Gasteiger partial charge in [0.05, 0.1) is 5.54 Å². The molecule has 5 nitrogen and oxygen atoms in total. The summed E-state index contributed by atoms with van der Waals surface area (Å²) >= 11 is 0. The van der Waals surface area contributed by atoms with Crippen LogP contribution in [0.3, 0.4) is 0 Å². The lowest BCUT2D eigenvalue weighted by molar-refractivity contribution is -0.120. The first-order valence-electron chi connectivity index (χ1n) is 8.83. The molecule has 0 saturated carbocycles. The molecule has 2 rings (SSSR count). The number of nitrogens with one attached hydrogen (secondary N) is 1. The SMILES string of the molecule is CCCC(C)(N)C(=O)Nc1ccc(C(=O)N2CCC(C)CC2)cc1. The van der Waals surface area contributed by atoms with Gasteiger partial charge in [-0.1, -0.05) is 20.3 Å². The number of piperidine rings is 1. The fraction of sp³-hybridized carbons (Fsp3) is 0.579. The van der Waals surface area contributed by atoms with Crippen molar-refractivity contribution in [3.63, 3.8) is 0 Å². The predicted octanol–water partition coefficient (Wildman–Crippen LogP) is 3.01. The van der Waals surface area contributed by atoms with Crippen molar-refractivity contribution >= 4 is 17.5 Å². The summed E-state index contributed by atoms with van der Waals surface area (Å²) < 4.78 is 0. The van der Waals surface area contributed by atoms with Gasteiger partial charge in [0, 0.05) is 24.3 Å². The van der Waals surface area contributed by atoms with E-state index in [0.29, 0.717) is 23.6 Å². The lowest BCUT2D eigenvalue weighted by Gasteiger charge is -2.30. The number of carbonyl (C=O) groups is 2. The summed E-state index contributed by atoms with van der Waals surface area (Å²) in [6.07, 6.45) is 3.60. The minimum Gasteiger partial charge on any atom is -0.339 e. The molecule has 0 radical (unpaired) electrons. The third-order valence-corrected chi connectivity index (χ3v) is 4.75. The molecule has 1 aromatic carbocycles. The minimum atomic E-state index is -0.881. The third-order valence-electron chi connectivity index (χ3n) is 4.75. The van der Waals surface area contributed by atoms with Gasteiger partial charge in [-0.15, -0.1) is 0 Å². The number of likely N-dealkylation sites (tertiary alicyclic amines) is 1. The molecule has 0 spiro atoms. The Labute approximate surface area is 144 Å². The van der Waals surface area contributed by atoms with Crippen LogP contribution in [-0.4, -0.2) is 35.3 Å². The van der Waals surface area contributed by atoms with E-state index in [0.717, 1.165) is 32.4 Å². The molecule has 1 saturated heterocycles. The normalized spacial score (nSPS) is 18.1. The maximum absolute atomic E-state index is 12.5. The van der Waals surface area contributed by atoms with Crippen LogP contribution in [0.2, 0.25) is 0 Å². The monoisotopic (exact) mass is 331 g/mol. The molecule has 1 aliphatic rings. The van der Waals surface area contributed by atoms with Crippen LogP contribution in [0.4, 0.5) is 5.69 Å². The highest BCUT2D eigenvalue weighted by Gasteiger charge is 2.27. The Morgan fingerprint density at radius 1 is 1.25 bits per heavy atom. The van der Waals surface area contributed by atoms with Crippen molar-refractivity contribution in [2.45, 2.75) is 52.0 Å². The van der Waals surface area contributed by atoms with Gasteiger partial charge in [-0.25, -0.2) is 0 Å². The number of hydrogen-bond acceptors (Lipinski definition) is 3. The van der Waals surface area contributed by atoms with Crippen molar-refractivity contribution in [2.75, 3.05) is 18.4 Å². The van der Waals surface area contributed by atoms with Gasteiger partial charge in [-0.2, -0.15) is 0 Å². The Kier molecular flexibility index (Phi) is 5.99. The second kappa shape index (κ2) is 7.79. The van der Waals surface area contributed by atoms with Gasteiger partial charge in [0.25, 0.3) is 5.91 Å². The van der Waals surface area contributed by atoms with Gasteiger partial charge >= 0.3 is 0 Å². The molecule has 0 aliphatic carbocycles. The fourth-order valence-electron chi connectivity index (χ4n) is 3.00. The van der Waals surface area contributed by atoms with Crippen LogP contribution in [0, 0.1) is 5.92 Å². The summed E-state index contributed by atoms with van der Waals surface area (Å²) in [6.45, 7) is 7.60. The molecule has 1 aliphatic heterocycles. The Bertz CT molecular complexity index is 573. The minimum absolute atomic E-state index is 0.0643. The van der Waals surface area contributed by atoms with Crippen molar-refractivity contribution in [1.29, 1.82) is 0 Å². The average molecular weight is 331 g/mol. The molecule has 0 bridgehead atoms. The number of benzene rings is 1. The molecule has 1 atom stereocenters. The number of carbonyl (C=O) groups excluding carboxylic acids is 2. The molecule has 0 aromatic heterocycles. The van der Waals surface area contributed by atoms with E-state index in [9.17, 15) is 9.59 Å². The molecule has 1 aromatic rings. The number of nitrogens with zero attached hydrogens (tertiary/aromatic N) is 1. The molecular formula is C19H29N3O2. The van der Waals surface area contributed by atoms with Gasteiger partial charge in [-0.05, 0) is 56.4 Å². The molecule has 1 heterocycles. The molecule has 1 unspecified atom stereocenters. The summed E-state index contributed by atoms with van der Waals surface area (Å²) in [5, 5.41) is 2.83. The summed E-state index contributed by atoms with van der Waals surface area (Å²) in [6, 6.07) is 7.06. The topological polar surface area (TPSA) is 75.4 Å². The van der Waals surface area contributed by atoms with E-state index in [4.69, 9.17) is 5.73 Å². The van der Waals surface area contributed by atoms with E-state index in [1.807, 2.05) is 11.8 Å². The van der Waals surface area contributed by atoms with E-state index >= 15 is 0 Å². The lowest BCUT2D eigenvalue weighted by Crippen LogP contribution is -2.48. The first-order chi connectivity index (χ1) is 11.3. The summed E-state index contributed by atoms with van der Waals surface area (Å²) in [4.78, 5) is 26.6. The fourth-order valence-corrected chi connectivity index (χ4v) is 3.00. The van der Waals surface area contributed by atoms with Crippen molar-refractivity contribution < 1.29 is 9.59 Å². The molecule has 2 amide bonds. The zero-order valence-electron chi connectivity index (χ0n) is 15.0. The highest BCUT2D eigenvalue weighted by atomic mass is 16.2. The number of nitrogens with two attached hydrogens (primary N) is 1. The first kappa shape index (κ1) is 18.5. The van der Waals surface area contributed by atoms with Crippen LogP contribution in [0.25, 0.3) is 0 Å². The van der Waals surface area contributed by atoms with Crippen LogP contribution >= 0.6 is 0 Å². The average Bonchev–Trinajstić information content (AvgIpc) is 2.55. The maximum Gasteiger partial charge on any atom is 0.253 e. The van der Waals surface area contributed by atoms with E-state index in [1.54, 1.807) is 31.2 Å². The highest BCUT2D eigenvalue weighted by molar-refractivity contribution is 5.98. The second-order valence-electron chi connectivity index (χ2n) is 7.17. The van der Waals surface area contributed by atoms with Crippen LogP contribution in [0.15, 0.2) is 24.3 Å². The number of amides is 2.